The summed E-state index contributed by atoms with van der Waals surface area (Å²) in [5.74, 6) is 0. The molecule has 0 aliphatic rings. The second-order valence-corrected chi connectivity index (χ2v) is 6.28. The zero-order valence-electron chi connectivity index (χ0n) is 16.8. The third-order valence-corrected chi connectivity index (χ3v) is 4.28. The molecule has 1 rings (SSSR count). The molecule has 0 fully saturated rings. The fourth-order valence-electron chi connectivity index (χ4n) is 2.84. The van der Waals surface area contributed by atoms with Gasteiger partial charge in [0.2, 0.25) is 0 Å². The summed E-state index contributed by atoms with van der Waals surface area (Å²) in [6.45, 7) is 4.56. The molecule has 1 heterocycles. The number of nitrogens with zero attached hydrogens (tertiary/aromatic N) is 3. The van der Waals surface area contributed by atoms with Crippen LogP contribution in [0.15, 0.2) is 24.5 Å². The molecule has 160 valence electrons. The highest BCUT2D eigenvalue weighted by atomic mass is 35.5. The molecule has 0 saturated heterocycles. The Kier molecular flexibility index (Phi) is 30.3. The van der Waals surface area contributed by atoms with Crippen LogP contribution in [-0.4, -0.2) is 34.5 Å². The van der Waals surface area contributed by atoms with Crippen molar-refractivity contribution in [1.82, 2.24) is 4.98 Å². The van der Waals surface area contributed by atoms with Gasteiger partial charge >= 0.3 is 0 Å². The van der Waals surface area contributed by atoms with Gasteiger partial charge in [-0.25, -0.2) is 0 Å². The van der Waals surface area contributed by atoms with Crippen LogP contribution >= 0.6 is 12.4 Å². The van der Waals surface area contributed by atoms with E-state index in [-0.39, 0.29) is 28.8 Å². The summed E-state index contributed by atoms with van der Waals surface area (Å²) in [5.41, 5.74) is 1.31. The van der Waals surface area contributed by atoms with Crippen molar-refractivity contribution in [1.29, 1.82) is 5.26 Å². The monoisotopic (exact) mass is 405 g/mol. The van der Waals surface area contributed by atoms with Crippen LogP contribution in [0.3, 0.4) is 0 Å². The van der Waals surface area contributed by atoms with Gasteiger partial charge in [-0.3, -0.25) is 4.98 Å². The first-order valence-electron chi connectivity index (χ1n) is 9.40. The Bertz CT molecular complexity index is 430. The highest BCUT2D eigenvalue weighted by molar-refractivity contribution is 5.85. The van der Waals surface area contributed by atoms with E-state index >= 15 is 0 Å². The van der Waals surface area contributed by atoms with E-state index in [1.54, 1.807) is 0 Å². The molecule has 6 N–H and O–H groups in total. The lowest BCUT2D eigenvalue weighted by molar-refractivity contribution is 0.564. The number of anilines is 1. The second-order valence-electron chi connectivity index (χ2n) is 6.28. The number of aromatic nitrogens is 1. The lowest BCUT2D eigenvalue weighted by Gasteiger charge is -2.24. The van der Waals surface area contributed by atoms with Crippen LogP contribution in [0.4, 0.5) is 5.69 Å². The van der Waals surface area contributed by atoms with Crippen molar-refractivity contribution in [3.63, 3.8) is 0 Å². The molecule has 1 aromatic rings. The minimum Gasteiger partial charge on any atom is -0.412 e. The molecule has 6 nitrogen and oxygen atoms in total. The Morgan fingerprint density at radius 1 is 0.815 bits per heavy atom. The van der Waals surface area contributed by atoms with Crippen molar-refractivity contribution in [3.8, 4) is 6.07 Å². The van der Waals surface area contributed by atoms with Crippen molar-refractivity contribution >= 4 is 18.1 Å². The molecule has 0 bridgehead atoms. The third-order valence-electron chi connectivity index (χ3n) is 4.28. The summed E-state index contributed by atoms with van der Waals surface area (Å²) in [4.78, 5) is 6.63. The van der Waals surface area contributed by atoms with Crippen LogP contribution < -0.4 is 4.90 Å². The fourth-order valence-corrected chi connectivity index (χ4v) is 2.84. The number of hydrogen-bond acceptors (Lipinski definition) is 3. The highest BCUT2D eigenvalue weighted by Crippen LogP contribution is 2.15. The van der Waals surface area contributed by atoms with E-state index in [1.807, 2.05) is 12.4 Å². The predicted molar refractivity (Wildman–Crippen MR) is 117 cm³/mol. The Balaban J connectivity index is -0.000000661. The number of pyridine rings is 1. The zero-order chi connectivity index (χ0) is 16.6. The van der Waals surface area contributed by atoms with Crippen LogP contribution in [0.1, 0.15) is 77.6 Å². The van der Waals surface area contributed by atoms with E-state index in [0.29, 0.717) is 0 Å². The van der Waals surface area contributed by atoms with Crippen molar-refractivity contribution in [2.24, 2.45) is 0 Å². The van der Waals surface area contributed by atoms with E-state index in [0.717, 1.165) is 25.9 Å². The molecule has 0 aliphatic heterocycles. The maximum Gasteiger partial charge on any atom is 0.0621 e. The van der Waals surface area contributed by atoms with Crippen LogP contribution in [0, 0.1) is 11.3 Å². The van der Waals surface area contributed by atoms with Crippen LogP contribution in [-0.2, 0) is 0 Å². The van der Waals surface area contributed by atoms with Gasteiger partial charge in [0, 0.05) is 37.6 Å². The molecule has 0 spiro atoms. The van der Waals surface area contributed by atoms with Gasteiger partial charge in [0.05, 0.1) is 6.07 Å². The molecule has 7 heteroatoms. The Labute approximate surface area is 171 Å². The van der Waals surface area contributed by atoms with Crippen molar-refractivity contribution in [2.75, 3.05) is 18.0 Å². The van der Waals surface area contributed by atoms with Crippen LogP contribution in [0.5, 0.6) is 0 Å². The fraction of sp³-hybridized carbons (Fsp3) is 0.700. The average molecular weight is 406 g/mol. The quantitative estimate of drug-likeness (QED) is 0.436. The van der Waals surface area contributed by atoms with E-state index in [4.69, 9.17) is 5.26 Å². The largest absolute Gasteiger partial charge is 0.412 e. The number of unbranched alkanes of at least 4 members (excludes halogenated alkanes) is 9. The van der Waals surface area contributed by atoms with Crippen molar-refractivity contribution < 1.29 is 16.4 Å². The van der Waals surface area contributed by atoms with E-state index in [2.05, 4.69) is 35.0 Å². The number of rotatable bonds is 14. The SMILES string of the molecule is CCCCN(CCCCCCCCCCC#N)c1ccncc1.Cl.O.O.O. The summed E-state index contributed by atoms with van der Waals surface area (Å²) < 4.78 is 0. The van der Waals surface area contributed by atoms with Gasteiger partial charge in [-0.2, -0.15) is 5.26 Å². The molecule has 1 aromatic heterocycles. The van der Waals surface area contributed by atoms with Gasteiger partial charge in [-0.15, -0.1) is 12.4 Å². The molecule has 0 unspecified atom stereocenters. The summed E-state index contributed by atoms with van der Waals surface area (Å²) in [6.07, 6.45) is 17.2. The van der Waals surface area contributed by atoms with Crippen LogP contribution in [0.2, 0.25) is 0 Å². The minimum absolute atomic E-state index is 0. The number of hydrogen-bond donors (Lipinski definition) is 0. The Morgan fingerprint density at radius 3 is 1.81 bits per heavy atom. The van der Waals surface area contributed by atoms with Crippen molar-refractivity contribution in [2.45, 2.75) is 77.6 Å². The van der Waals surface area contributed by atoms with Gasteiger partial charge in [0.1, 0.15) is 0 Å². The zero-order valence-corrected chi connectivity index (χ0v) is 17.6. The average Bonchev–Trinajstić information content (AvgIpc) is 2.60. The summed E-state index contributed by atoms with van der Waals surface area (Å²) >= 11 is 0. The molecule has 0 saturated carbocycles. The molecule has 0 radical (unpaired) electrons. The smallest absolute Gasteiger partial charge is 0.0621 e. The van der Waals surface area contributed by atoms with Crippen molar-refractivity contribution in [3.05, 3.63) is 24.5 Å². The predicted octanol–water partition coefficient (Wildman–Crippen LogP) is 3.67. The standard InChI is InChI=1S/C20H33N3.ClH.3H2O/c1-2-3-18-23(20-13-16-22-17-14-20)19-12-10-8-6-4-5-7-9-11-15-21;;;;/h13-14,16-17H,2-12,18-19H2,1H3;1H;3*1H2. The molecule has 0 atom stereocenters. The number of halogens is 1. The molecule has 27 heavy (non-hydrogen) atoms. The van der Waals surface area contributed by atoms with Gasteiger partial charge in [0.15, 0.2) is 0 Å². The van der Waals surface area contributed by atoms with E-state index < -0.39 is 0 Å². The van der Waals surface area contributed by atoms with E-state index in [9.17, 15) is 0 Å². The minimum atomic E-state index is 0. The molecule has 0 aliphatic carbocycles. The highest BCUT2D eigenvalue weighted by Gasteiger charge is 2.05. The van der Waals surface area contributed by atoms with Crippen LogP contribution in [0.25, 0.3) is 0 Å². The normalized spacial score (nSPS) is 8.89. The van der Waals surface area contributed by atoms with Gasteiger partial charge < -0.3 is 21.3 Å². The third kappa shape index (κ3) is 17.8. The molecular formula is C20H40ClN3O3. The summed E-state index contributed by atoms with van der Waals surface area (Å²) in [6, 6.07) is 6.46. The lowest BCUT2D eigenvalue weighted by Crippen LogP contribution is -2.25. The second kappa shape index (κ2) is 24.6. The topological polar surface area (TPSA) is 134 Å². The van der Waals surface area contributed by atoms with Gasteiger partial charge in [0.25, 0.3) is 0 Å². The lowest BCUT2D eigenvalue weighted by atomic mass is 10.1. The Hall–Kier alpha value is -1.39. The first-order valence-corrected chi connectivity index (χ1v) is 9.40. The molecule has 0 amide bonds. The maximum atomic E-state index is 8.49. The van der Waals surface area contributed by atoms with E-state index in [1.165, 1.54) is 63.5 Å². The summed E-state index contributed by atoms with van der Waals surface area (Å²) in [7, 11) is 0. The first kappa shape index (κ1) is 33.2. The van der Waals surface area contributed by atoms with Gasteiger partial charge in [-0.05, 0) is 31.4 Å². The molecular weight excluding hydrogens is 366 g/mol. The Morgan fingerprint density at radius 2 is 1.30 bits per heavy atom. The summed E-state index contributed by atoms with van der Waals surface area (Å²) in [5, 5.41) is 8.49. The van der Waals surface area contributed by atoms with Gasteiger partial charge in [-0.1, -0.05) is 51.9 Å². The molecule has 0 aromatic carbocycles. The number of nitriles is 1. The maximum absolute atomic E-state index is 8.49. The first-order chi connectivity index (χ1) is 11.4.